The Morgan fingerprint density at radius 1 is 1.22 bits per heavy atom. The minimum absolute atomic E-state index is 0.289. The van der Waals surface area contributed by atoms with Crippen molar-refractivity contribution in [3.8, 4) is 23.6 Å². The average Bonchev–Trinajstić information content (AvgIpc) is 2.41. The normalized spacial score (nSPS) is 15.6. The zero-order chi connectivity index (χ0) is 12.6. The molecule has 0 amide bonds. The number of aromatic nitrogens is 2. The van der Waals surface area contributed by atoms with E-state index in [2.05, 4.69) is 21.8 Å². The second-order valence-electron chi connectivity index (χ2n) is 4.29. The standard InChI is InChI=1S/C14H18N2O2/c1-2-3-9-17-13-10-14(16-11-15-13)18-12-7-5-4-6-8-12/h10-12H,4-9H2,1H3. The molecule has 0 aromatic carbocycles. The van der Waals surface area contributed by atoms with Crippen molar-refractivity contribution in [1.29, 1.82) is 0 Å². The molecule has 0 radical (unpaired) electrons. The van der Waals surface area contributed by atoms with Crippen LogP contribution < -0.4 is 9.47 Å². The summed E-state index contributed by atoms with van der Waals surface area (Å²) in [7, 11) is 0. The molecule has 0 aliphatic heterocycles. The molecule has 0 spiro atoms. The molecular weight excluding hydrogens is 228 g/mol. The van der Waals surface area contributed by atoms with Crippen molar-refractivity contribution in [2.45, 2.75) is 45.1 Å². The Balaban J connectivity index is 1.90. The highest BCUT2D eigenvalue weighted by molar-refractivity contribution is 5.19. The molecule has 0 unspecified atom stereocenters. The summed E-state index contributed by atoms with van der Waals surface area (Å²) in [6.45, 7) is 2.12. The van der Waals surface area contributed by atoms with Crippen LogP contribution in [0, 0.1) is 11.8 Å². The molecule has 18 heavy (non-hydrogen) atoms. The summed E-state index contributed by atoms with van der Waals surface area (Å²) >= 11 is 0. The third kappa shape index (κ3) is 3.92. The van der Waals surface area contributed by atoms with E-state index in [4.69, 9.17) is 9.47 Å². The van der Waals surface area contributed by atoms with E-state index in [0.29, 0.717) is 18.4 Å². The van der Waals surface area contributed by atoms with Gasteiger partial charge in [-0.1, -0.05) is 12.3 Å². The number of rotatable bonds is 4. The fraction of sp³-hybridized carbons (Fsp3) is 0.571. The van der Waals surface area contributed by atoms with Crippen molar-refractivity contribution in [1.82, 2.24) is 9.97 Å². The lowest BCUT2D eigenvalue weighted by Gasteiger charge is -2.22. The van der Waals surface area contributed by atoms with Gasteiger partial charge in [0.1, 0.15) is 12.4 Å². The van der Waals surface area contributed by atoms with Crippen molar-refractivity contribution in [2.24, 2.45) is 0 Å². The van der Waals surface area contributed by atoms with Crippen LogP contribution in [0.3, 0.4) is 0 Å². The first-order chi connectivity index (χ1) is 8.88. The molecule has 1 aliphatic rings. The van der Waals surface area contributed by atoms with Crippen molar-refractivity contribution in [3.05, 3.63) is 12.4 Å². The molecule has 0 saturated heterocycles. The first-order valence-corrected chi connectivity index (χ1v) is 6.39. The maximum absolute atomic E-state index is 5.84. The van der Waals surface area contributed by atoms with E-state index in [-0.39, 0.29) is 6.10 Å². The highest BCUT2D eigenvalue weighted by Crippen LogP contribution is 2.23. The Morgan fingerprint density at radius 3 is 2.78 bits per heavy atom. The van der Waals surface area contributed by atoms with E-state index in [0.717, 1.165) is 12.8 Å². The van der Waals surface area contributed by atoms with Gasteiger partial charge in [0.2, 0.25) is 11.8 Å². The zero-order valence-corrected chi connectivity index (χ0v) is 10.7. The fourth-order valence-corrected chi connectivity index (χ4v) is 2.00. The van der Waals surface area contributed by atoms with Crippen LogP contribution >= 0.6 is 0 Å². The minimum atomic E-state index is 0.289. The van der Waals surface area contributed by atoms with Crippen LogP contribution in [0.2, 0.25) is 0 Å². The van der Waals surface area contributed by atoms with Gasteiger partial charge in [-0.25, -0.2) is 9.97 Å². The molecule has 1 heterocycles. The summed E-state index contributed by atoms with van der Waals surface area (Å²) in [4.78, 5) is 8.14. The third-order valence-corrected chi connectivity index (χ3v) is 2.93. The highest BCUT2D eigenvalue weighted by Gasteiger charge is 2.15. The maximum atomic E-state index is 5.84. The van der Waals surface area contributed by atoms with Crippen LogP contribution in [0.15, 0.2) is 12.4 Å². The smallest absolute Gasteiger partial charge is 0.221 e. The molecule has 96 valence electrons. The van der Waals surface area contributed by atoms with Gasteiger partial charge >= 0.3 is 0 Å². The van der Waals surface area contributed by atoms with Crippen molar-refractivity contribution in [2.75, 3.05) is 6.61 Å². The van der Waals surface area contributed by atoms with Crippen molar-refractivity contribution < 1.29 is 9.47 Å². The van der Waals surface area contributed by atoms with E-state index in [1.54, 1.807) is 13.0 Å². The summed E-state index contributed by atoms with van der Waals surface area (Å²) < 4.78 is 11.2. The Morgan fingerprint density at radius 2 is 2.00 bits per heavy atom. The Labute approximate surface area is 108 Å². The van der Waals surface area contributed by atoms with Gasteiger partial charge in [0.25, 0.3) is 0 Å². The van der Waals surface area contributed by atoms with E-state index in [9.17, 15) is 0 Å². The maximum Gasteiger partial charge on any atom is 0.221 e. The SMILES string of the molecule is CC#CCOc1cc(OC2CCCCC2)ncn1. The topological polar surface area (TPSA) is 44.2 Å². The molecule has 1 aromatic heterocycles. The lowest BCUT2D eigenvalue weighted by atomic mass is 9.98. The number of ether oxygens (including phenoxy) is 2. The van der Waals surface area contributed by atoms with Gasteiger partial charge in [-0.3, -0.25) is 0 Å². The van der Waals surface area contributed by atoms with Crippen molar-refractivity contribution >= 4 is 0 Å². The molecule has 0 atom stereocenters. The average molecular weight is 246 g/mol. The van der Waals surface area contributed by atoms with Gasteiger partial charge in [-0.05, 0) is 32.6 Å². The summed E-state index contributed by atoms with van der Waals surface area (Å²) in [6, 6.07) is 1.73. The number of nitrogens with zero attached hydrogens (tertiary/aromatic N) is 2. The molecule has 0 bridgehead atoms. The first kappa shape index (κ1) is 12.7. The van der Waals surface area contributed by atoms with Gasteiger partial charge in [0.15, 0.2) is 6.61 Å². The summed E-state index contributed by atoms with van der Waals surface area (Å²) in [5.74, 6) is 6.70. The molecule has 4 heteroatoms. The zero-order valence-electron chi connectivity index (χ0n) is 10.7. The quantitative estimate of drug-likeness (QED) is 0.766. The summed E-state index contributed by atoms with van der Waals surface area (Å²) in [5.41, 5.74) is 0. The van der Waals surface area contributed by atoms with Crippen LogP contribution in [0.1, 0.15) is 39.0 Å². The second kappa shape index (κ2) is 6.85. The Kier molecular flexibility index (Phi) is 4.83. The van der Waals surface area contributed by atoms with Crippen LogP contribution in [0.4, 0.5) is 0 Å². The summed E-state index contributed by atoms with van der Waals surface area (Å²) in [5, 5.41) is 0. The molecule has 4 nitrogen and oxygen atoms in total. The molecule has 2 rings (SSSR count). The van der Waals surface area contributed by atoms with Gasteiger partial charge in [-0.15, -0.1) is 5.92 Å². The first-order valence-electron chi connectivity index (χ1n) is 6.39. The van der Waals surface area contributed by atoms with Gasteiger partial charge in [-0.2, -0.15) is 0 Å². The number of hydrogen-bond acceptors (Lipinski definition) is 4. The summed E-state index contributed by atoms with van der Waals surface area (Å²) in [6.07, 6.45) is 7.77. The van der Waals surface area contributed by atoms with E-state index < -0.39 is 0 Å². The fourth-order valence-electron chi connectivity index (χ4n) is 2.00. The minimum Gasteiger partial charge on any atom is -0.474 e. The molecule has 1 fully saturated rings. The van der Waals surface area contributed by atoms with Gasteiger partial charge < -0.3 is 9.47 Å². The predicted octanol–water partition coefficient (Wildman–Crippen LogP) is 2.59. The Bertz CT molecular complexity index is 431. The lowest BCUT2D eigenvalue weighted by molar-refractivity contribution is 0.147. The molecular formula is C14H18N2O2. The van der Waals surface area contributed by atoms with E-state index >= 15 is 0 Å². The van der Waals surface area contributed by atoms with Crippen LogP contribution in [0.25, 0.3) is 0 Å². The molecule has 1 aliphatic carbocycles. The van der Waals surface area contributed by atoms with Crippen LogP contribution in [-0.2, 0) is 0 Å². The highest BCUT2D eigenvalue weighted by atomic mass is 16.5. The second-order valence-corrected chi connectivity index (χ2v) is 4.29. The van der Waals surface area contributed by atoms with E-state index in [1.165, 1.54) is 25.6 Å². The molecule has 1 aromatic rings. The third-order valence-electron chi connectivity index (χ3n) is 2.93. The largest absolute Gasteiger partial charge is 0.474 e. The number of hydrogen-bond donors (Lipinski definition) is 0. The van der Waals surface area contributed by atoms with Gasteiger partial charge in [0.05, 0.1) is 6.07 Å². The van der Waals surface area contributed by atoms with Gasteiger partial charge in [0, 0.05) is 0 Å². The molecule has 0 N–H and O–H groups in total. The molecule has 1 saturated carbocycles. The van der Waals surface area contributed by atoms with E-state index in [1.807, 2.05) is 0 Å². The monoisotopic (exact) mass is 246 g/mol. The van der Waals surface area contributed by atoms with Crippen LogP contribution in [-0.4, -0.2) is 22.7 Å². The van der Waals surface area contributed by atoms with Crippen molar-refractivity contribution in [3.63, 3.8) is 0 Å². The predicted molar refractivity (Wildman–Crippen MR) is 68.5 cm³/mol. The Hall–Kier alpha value is -1.76. The van der Waals surface area contributed by atoms with Crippen LogP contribution in [0.5, 0.6) is 11.8 Å². The lowest BCUT2D eigenvalue weighted by Crippen LogP contribution is -2.20.